The molecule has 0 atom stereocenters. The molecule has 17 heavy (non-hydrogen) atoms. The first-order valence-electron chi connectivity index (χ1n) is 5.59. The molecule has 0 spiro atoms. The van der Waals surface area contributed by atoms with E-state index in [1.165, 1.54) is 12.1 Å². The van der Waals surface area contributed by atoms with Crippen molar-refractivity contribution in [1.82, 2.24) is 10.6 Å². The van der Waals surface area contributed by atoms with Gasteiger partial charge in [0, 0.05) is 18.7 Å². The number of carbonyl (C=O) groups is 1. The zero-order valence-corrected chi connectivity index (χ0v) is 11.3. The molecule has 0 unspecified atom stereocenters. The van der Waals surface area contributed by atoms with Gasteiger partial charge in [0.05, 0.1) is 4.47 Å². The summed E-state index contributed by atoms with van der Waals surface area (Å²) in [4.78, 5) is 11.6. The van der Waals surface area contributed by atoms with Gasteiger partial charge in [0.15, 0.2) is 0 Å². The number of halogens is 2. The lowest BCUT2D eigenvalue weighted by molar-refractivity contribution is 0.0953. The van der Waals surface area contributed by atoms with Crippen molar-refractivity contribution in [1.29, 1.82) is 0 Å². The lowest BCUT2D eigenvalue weighted by Gasteiger charge is -2.06. The minimum absolute atomic E-state index is 0.255. The van der Waals surface area contributed by atoms with Crippen LogP contribution >= 0.6 is 15.9 Å². The smallest absolute Gasteiger partial charge is 0.251 e. The largest absolute Gasteiger partial charge is 0.351 e. The lowest BCUT2D eigenvalue weighted by atomic mass is 10.2. The van der Waals surface area contributed by atoms with Crippen LogP contribution < -0.4 is 10.6 Å². The Hall–Kier alpha value is -0.940. The normalized spacial score (nSPS) is 10.3. The van der Waals surface area contributed by atoms with Crippen LogP contribution in [0.5, 0.6) is 0 Å². The molecular weight excluding hydrogens is 287 g/mol. The highest BCUT2D eigenvalue weighted by Crippen LogP contribution is 2.16. The SMILES string of the molecule is CCCNCCNC(=O)c1ccc(Br)c(F)c1. The van der Waals surface area contributed by atoms with E-state index in [4.69, 9.17) is 0 Å². The Labute approximate surface area is 109 Å². The van der Waals surface area contributed by atoms with Crippen LogP contribution in [0, 0.1) is 5.82 Å². The average molecular weight is 303 g/mol. The van der Waals surface area contributed by atoms with E-state index in [0.717, 1.165) is 19.5 Å². The van der Waals surface area contributed by atoms with E-state index in [1.807, 2.05) is 0 Å². The molecule has 0 radical (unpaired) electrons. The second-order valence-corrected chi connectivity index (χ2v) is 4.49. The second-order valence-electron chi connectivity index (χ2n) is 3.63. The maximum Gasteiger partial charge on any atom is 0.251 e. The molecule has 3 nitrogen and oxygen atoms in total. The Kier molecular flexibility index (Phi) is 6.15. The third-order valence-electron chi connectivity index (χ3n) is 2.20. The molecule has 94 valence electrons. The second kappa shape index (κ2) is 7.40. The maximum absolute atomic E-state index is 13.2. The molecule has 0 aliphatic carbocycles. The number of benzene rings is 1. The van der Waals surface area contributed by atoms with E-state index in [2.05, 4.69) is 33.5 Å². The predicted molar refractivity (Wildman–Crippen MR) is 69.6 cm³/mol. The Morgan fingerprint density at radius 3 is 2.76 bits per heavy atom. The highest BCUT2D eigenvalue weighted by atomic mass is 79.9. The van der Waals surface area contributed by atoms with E-state index in [9.17, 15) is 9.18 Å². The third kappa shape index (κ3) is 4.83. The van der Waals surface area contributed by atoms with Crippen molar-refractivity contribution in [2.45, 2.75) is 13.3 Å². The molecule has 0 saturated carbocycles. The maximum atomic E-state index is 13.2. The van der Waals surface area contributed by atoms with Gasteiger partial charge in [0.25, 0.3) is 5.91 Å². The zero-order chi connectivity index (χ0) is 12.7. The summed E-state index contributed by atoms with van der Waals surface area (Å²) in [5.74, 6) is -0.684. The molecule has 0 bridgehead atoms. The highest BCUT2D eigenvalue weighted by molar-refractivity contribution is 9.10. The fourth-order valence-electron chi connectivity index (χ4n) is 1.31. The van der Waals surface area contributed by atoms with Crippen LogP contribution in [0.2, 0.25) is 0 Å². The molecule has 1 aromatic rings. The summed E-state index contributed by atoms with van der Waals surface area (Å²) >= 11 is 3.04. The quantitative estimate of drug-likeness (QED) is 0.792. The van der Waals surface area contributed by atoms with Gasteiger partial charge < -0.3 is 10.6 Å². The lowest BCUT2D eigenvalue weighted by Crippen LogP contribution is -2.32. The number of amides is 1. The first-order valence-corrected chi connectivity index (χ1v) is 6.38. The van der Waals surface area contributed by atoms with Gasteiger partial charge in [0.1, 0.15) is 5.82 Å². The molecule has 1 amide bonds. The third-order valence-corrected chi connectivity index (χ3v) is 2.84. The minimum Gasteiger partial charge on any atom is -0.351 e. The molecule has 0 aliphatic heterocycles. The van der Waals surface area contributed by atoms with Gasteiger partial charge in [-0.3, -0.25) is 4.79 Å². The standard InChI is InChI=1S/C12H16BrFN2O/c1-2-5-15-6-7-16-12(17)9-3-4-10(13)11(14)8-9/h3-4,8,15H,2,5-7H2,1H3,(H,16,17). The highest BCUT2D eigenvalue weighted by Gasteiger charge is 2.07. The van der Waals surface area contributed by atoms with E-state index in [0.29, 0.717) is 16.6 Å². The van der Waals surface area contributed by atoms with Crippen molar-refractivity contribution in [3.63, 3.8) is 0 Å². The Morgan fingerprint density at radius 1 is 1.35 bits per heavy atom. The summed E-state index contributed by atoms with van der Waals surface area (Å²) in [7, 11) is 0. The van der Waals surface area contributed by atoms with Crippen LogP contribution in [0.15, 0.2) is 22.7 Å². The Morgan fingerprint density at radius 2 is 2.12 bits per heavy atom. The van der Waals surface area contributed by atoms with Crippen molar-refractivity contribution < 1.29 is 9.18 Å². The fourth-order valence-corrected chi connectivity index (χ4v) is 1.55. The van der Waals surface area contributed by atoms with Gasteiger partial charge in [-0.05, 0) is 47.1 Å². The van der Waals surface area contributed by atoms with Gasteiger partial charge in [-0.25, -0.2) is 4.39 Å². The predicted octanol–water partition coefficient (Wildman–Crippen LogP) is 2.32. The van der Waals surface area contributed by atoms with Crippen LogP contribution in [-0.4, -0.2) is 25.5 Å². The summed E-state index contributed by atoms with van der Waals surface area (Å²) in [5, 5.41) is 5.89. The number of nitrogens with one attached hydrogen (secondary N) is 2. The molecule has 0 heterocycles. The topological polar surface area (TPSA) is 41.1 Å². The molecule has 0 aromatic heterocycles. The van der Waals surface area contributed by atoms with Crippen molar-refractivity contribution in [2.24, 2.45) is 0 Å². The van der Waals surface area contributed by atoms with Gasteiger partial charge in [-0.1, -0.05) is 6.92 Å². The number of carbonyl (C=O) groups excluding carboxylic acids is 1. The molecule has 0 fully saturated rings. The molecule has 2 N–H and O–H groups in total. The van der Waals surface area contributed by atoms with Gasteiger partial charge in [-0.15, -0.1) is 0 Å². The summed E-state index contributed by atoms with van der Waals surface area (Å²) in [6, 6.07) is 4.33. The molecular formula is C12H16BrFN2O. The summed E-state index contributed by atoms with van der Waals surface area (Å²) in [6.07, 6.45) is 1.06. The Bertz CT molecular complexity index is 385. The fraction of sp³-hybridized carbons (Fsp3) is 0.417. The van der Waals surface area contributed by atoms with E-state index in [1.54, 1.807) is 6.07 Å². The van der Waals surface area contributed by atoms with Crippen molar-refractivity contribution in [3.05, 3.63) is 34.1 Å². The van der Waals surface area contributed by atoms with Gasteiger partial charge in [0.2, 0.25) is 0 Å². The number of rotatable bonds is 6. The van der Waals surface area contributed by atoms with Crippen molar-refractivity contribution in [2.75, 3.05) is 19.6 Å². The summed E-state index contributed by atoms with van der Waals surface area (Å²) < 4.78 is 13.5. The van der Waals surface area contributed by atoms with E-state index in [-0.39, 0.29) is 5.91 Å². The van der Waals surface area contributed by atoms with Crippen LogP contribution in [0.25, 0.3) is 0 Å². The van der Waals surface area contributed by atoms with Gasteiger partial charge in [-0.2, -0.15) is 0 Å². The van der Waals surface area contributed by atoms with E-state index >= 15 is 0 Å². The number of hydrogen-bond acceptors (Lipinski definition) is 2. The van der Waals surface area contributed by atoms with Gasteiger partial charge >= 0.3 is 0 Å². The first-order chi connectivity index (χ1) is 8.15. The minimum atomic E-state index is -0.429. The first kappa shape index (κ1) is 14.1. The summed E-state index contributed by atoms with van der Waals surface area (Å²) in [5.41, 5.74) is 0.334. The molecule has 0 aliphatic rings. The monoisotopic (exact) mass is 302 g/mol. The van der Waals surface area contributed by atoms with E-state index < -0.39 is 5.82 Å². The van der Waals surface area contributed by atoms with Crippen molar-refractivity contribution >= 4 is 21.8 Å². The average Bonchev–Trinajstić information content (AvgIpc) is 2.32. The van der Waals surface area contributed by atoms with Crippen LogP contribution in [0.4, 0.5) is 4.39 Å². The molecule has 0 saturated heterocycles. The van der Waals surface area contributed by atoms with Crippen LogP contribution in [0.1, 0.15) is 23.7 Å². The zero-order valence-electron chi connectivity index (χ0n) is 9.72. The summed E-state index contributed by atoms with van der Waals surface area (Å²) in [6.45, 7) is 4.27. The Balaban J connectivity index is 2.39. The van der Waals surface area contributed by atoms with Crippen molar-refractivity contribution in [3.8, 4) is 0 Å². The number of hydrogen-bond donors (Lipinski definition) is 2. The van der Waals surface area contributed by atoms with Crippen LogP contribution in [-0.2, 0) is 0 Å². The van der Waals surface area contributed by atoms with Crippen LogP contribution in [0.3, 0.4) is 0 Å². The molecule has 1 rings (SSSR count). The molecule has 5 heteroatoms. The molecule has 1 aromatic carbocycles.